The smallest absolute Gasteiger partial charge is 0.159 e. The zero-order chi connectivity index (χ0) is 19.0. The van der Waals surface area contributed by atoms with E-state index in [0.717, 1.165) is 79.7 Å². The molecule has 0 amide bonds. The molecule has 0 atom stereocenters. The zero-order valence-corrected chi connectivity index (χ0v) is 16.7. The van der Waals surface area contributed by atoms with E-state index in [-0.39, 0.29) is 5.60 Å². The number of aromatic nitrogens is 3. The van der Waals surface area contributed by atoms with Crippen LogP contribution in [0.1, 0.15) is 63.9 Å². The summed E-state index contributed by atoms with van der Waals surface area (Å²) in [6, 6.07) is 0.460. The molecule has 4 heterocycles. The summed E-state index contributed by atoms with van der Waals surface area (Å²) in [7, 11) is 0. The van der Waals surface area contributed by atoms with Crippen LogP contribution in [0.3, 0.4) is 0 Å². The lowest BCUT2D eigenvalue weighted by molar-refractivity contribution is -0.0449. The third kappa shape index (κ3) is 3.15. The summed E-state index contributed by atoms with van der Waals surface area (Å²) in [6.07, 6.45) is 13.1. The van der Waals surface area contributed by atoms with E-state index in [0.29, 0.717) is 6.04 Å². The number of anilines is 1. The number of piperidine rings is 1. The highest BCUT2D eigenvalue weighted by molar-refractivity contribution is 6.10. The molecule has 28 heavy (non-hydrogen) atoms. The van der Waals surface area contributed by atoms with Crippen LogP contribution in [0.2, 0.25) is 0 Å². The predicted molar refractivity (Wildman–Crippen MR) is 111 cm³/mol. The van der Waals surface area contributed by atoms with Crippen LogP contribution in [0.4, 0.5) is 5.69 Å². The largest absolute Gasteiger partial charge is 0.389 e. The Morgan fingerprint density at radius 2 is 2.04 bits per heavy atom. The SMILES string of the molecule is CCn1ncc2c(NC3CCNCC3)c(C3=NOC4(CCCCC4)C3)cnc21. The highest BCUT2D eigenvalue weighted by Crippen LogP contribution is 2.41. The van der Waals surface area contributed by atoms with Crippen molar-refractivity contribution in [1.29, 1.82) is 0 Å². The van der Waals surface area contributed by atoms with Crippen molar-refractivity contribution in [2.24, 2.45) is 5.16 Å². The summed E-state index contributed by atoms with van der Waals surface area (Å²) < 4.78 is 1.96. The van der Waals surface area contributed by atoms with E-state index in [1.165, 1.54) is 19.3 Å². The maximum absolute atomic E-state index is 6.03. The first-order valence-corrected chi connectivity index (χ1v) is 10.9. The molecule has 0 aromatic carbocycles. The number of rotatable bonds is 4. The molecule has 0 unspecified atom stereocenters. The Morgan fingerprint density at radius 3 is 2.82 bits per heavy atom. The molecule has 7 nitrogen and oxygen atoms in total. The minimum absolute atomic E-state index is 0.0812. The van der Waals surface area contributed by atoms with Gasteiger partial charge in [-0.1, -0.05) is 11.6 Å². The molecule has 2 fully saturated rings. The quantitative estimate of drug-likeness (QED) is 0.847. The minimum Gasteiger partial charge on any atom is -0.389 e. The molecule has 5 rings (SSSR count). The van der Waals surface area contributed by atoms with Gasteiger partial charge in [-0.05, 0) is 58.5 Å². The molecule has 0 bridgehead atoms. The Labute approximate surface area is 165 Å². The summed E-state index contributed by atoms with van der Waals surface area (Å²) in [5.41, 5.74) is 4.12. The van der Waals surface area contributed by atoms with Crippen molar-refractivity contribution >= 4 is 22.4 Å². The highest BCUT2D eigenvalue weighted by Gasteiger charge is 2.41. The van der Waals surface area contributed by atoms with Crippen molar-refractivity contribution < 1.29 is 4.84 Å². The van der Waals surface area contributed by atoms with E-state index < -0.39 is 0 Å². The normalized spacial score (nSPS) is 22.4. The lowest BCUT2D eigenvalue weighted by atomic mass is 9.80. The van der Waals surface area contributed by atoms with Crippen molar-refractivity contribution in [1.82, 2.24) is 20.1 Å². The first kappa shape index (κ1) is 17.9. The Balaban J connectivity index is 1.51. The van der Waals surface area contributed by atoms with E-state index in [2.05, 4.69) is 27.8 Å². The first-order valence-electron chi connectivity index (χ1n) is 10.9. The van der Waals surface area contributed by atoms with Gasteiger partial charge in [-0.2, -0.15) is 5.10 Å². The first-order chi connectivity index (χ1) is 13.8. The summed E-state index contributed by atoms with van der Waals surface area (Å²) in [5, 5.41) is 17.5. The van der Waals surface area contributed by atoms with Crippen LogP contribution in [0.15, 0.2) is 17.5 Å². The van der Waals surface area contributed by atoms with Gasteiger partial charge in [0.1, 0.15) is 5.60 Å². The van der Waals surface area contributed by atoms with Gasteiger partial charge in [0.2, 0.25) is 0 Å². The Morgan fingerprint density at radius 1 is 1.21 bits per heavy atom. The average molecular weight is 383 g/mol. The lowest BCUT2D eigenvalue weighted by Crippen LogP contribution is -2.36. The maximum atomic E-state index is 6.03. The van der Waals surface area contributed by atoms with Crippen molar-refractivity contribution in [3.8, 4) is 0 Å². The van der Waals surface area contributed by atoms with Gasteiger partial charge < -0.3 is 15.5 Å². The Kier molecular flexibility index (Phi) is 4.70. The summed E-state index contributed by atoms with van der Waals surface area (Å²) in [5.74, 6) is 0. The monoisotopic (exact) mass is 382 g/mol. The van der Waals surface area contributed by atoms with Crippen LogP contribution in [-0.4, -0.2) is 45.2 Å². The maximum Gasteiger partial charge on any atom is 0.159 e. The molecule has 1 saturated carbocycles. The van der Waals surface area contributed by atoms with Crippen LogP contribution >= 0.6 is 0 Å². The molecule has 1 aliphatic carbocycles. The molecule has 2 N–H and O–H groups in total. The number of oxime groups is 1. The average Bonchev–Trinajstić information content (AvgIpc) is 3.34. The second kappa shape index (κ2) is 7.35. The van der Waals surface area contributed by atoms with Crippen molar-refractivity contribution in [3.63, 3.8) is 0 Å². The molecule has 2 aliphatic heterocycles. The standard InChI is InChI=1S/C21H30N6O/c1-2-27-20-17(14-24-27)19(25-15-6-10-22-11-7-15)16(13-23-20)18-12-21(28-26-18)8-4-3-5-9-21/h13-15,22H,2-12H2,1H3,(H,23,25). The fourth-order valence-electron chi connectivity index (χ4n) is 4.93. The Bertz CT molecular complexity index is 876. The number of nitrogens with zero attached hydrogens (tertiary/aromatic N) is 4. The molecular formula is C21H30N6O. The number of hydrogen-bond acceptors (Lipinski definition) is 6. The molecule has 150 valence electrons. The molecule has 2 aromatic heterocycles. The number of aryl methyl sites for hydroxylation is 1. The fraction of sp³-hybridized carbons (Fsp3) is 0.667. The van der Waals surface area contributed by atoms with E-state index >= 15 is 0 Å². The summed E-state index contributed by atoms with van der Waals surface area (Å²) >= 11 is 0. The van der Waals surface area contributed by atoms with E-state index in [1.54, 1.807) is 0 Å². The second-order valence-corrected chi connectivity index (χ2v) is 8.46. The molecular weight excluding hydrogens is 352 g/mol. The molecule has 1 saturated heterocycles. The van der Waals surface area contributed by atoms with Crippen LogP contribution in [-0.2, 0) is 11.4 Å². The molecule has 2 aromatic rings. The topological polar surface area (TPSA) is 76.4 Å². The number of hydrogen-bond donors (Lipinski definition) is 2. The van der Waals surface area contributed by atoms with Crippen LogP contribution in [0, 0.1) is 0 Å². The summed E-state index contributed by atoms with van der Waals surface area (Å²) in [6.45, 7) is 5.03. The molecule has 1 spiro atoms. The predicted octanol–water partition coefficient (Wildman–Crippen LogP) is 3.44. The van der Waals surface area contributed by atoms with Gasteiger partial charge in [-0.25, -0.2) is 9.67 Å². The van der Waals surface area contributed by atoms with E-state index in [1.807, 2.05) is 17.1 Å². The Hall–Kier alpha value is -2.15. The molecule has 0 radical (unpaired) electrons. The number of nitrogens with one attached hydrogen (secondary N) is 2. The van der Waals surface area contributed by atoms with Gasteiger partial charge >= 0.3 is 0 Å². The summed E-state index contributed by atoms with van der Waals surface area (Å²) in [4.78, 5) is 10.8. The van der Waals surface area contributed by atoms with E-state index in [4.69, 9.17) is 9.82 Å². The number of pyridine rings is 1. The lowest BCUT2D eigenvalue weighted by Gasteiger charge is -2.30. The minimum atomic E-state index is -0.0812. The van der Waals surface area contributed by atoms with Crippen LogP contribution in [0.5, 0.6) is 0 Å². The van der Waals surface area contributed by atoms with Crippen molar-refractivity contribution in [2.45, 2.75) is 76.5 Å². The van der Waals surface area contributed by atoms with Crippen molar-refractivity contribution in [3.05, 3.63) is 18.0 Å². The number of fused-ring (bicyclic) bond motifs is 1. The molecule has 3 aliphatic rings. The van der Waals surface area contributed by atoms with E-state index in [9.17, 15) is 0 Å². The second-order valence-electron chi connectivity index (χ2n) is 8.46. The third-order valence-electron chi connectivity index (χ3n) is 6.57. The van der Waals surface area contributed by atoms with Gasteiger partial charge in [0.05, 0.1) is 23.0 Å². The van der Waals surface area contributed by atoms with Gasteiger partial charge in [-0.3, -0.25) is 0 Å². The molecule has 7 heteroatoms. The van der Waals surface area contributed by atoms with Crippen LogP contribution in [0.25, 0.3) is 11.0 Å². The highest BCUT2D eigenvalue weighted by atomic mass is 16.7. The van der Waals surface area contributed by atoms with Gasteiger partial charge in [-0.15, -0.1) is 0 Å². The van der Waals surface area contributed by atoms with Gasteiger partial charge in [0.15, 0.2) is 5.65 Å². The van der Waals surface area contributed by atoms with Crippen molar-refractivity contribution in [2.75, 3.05) is 18.4 Å². The zero-order valence-electron chi connectivity index (χ0n) is 16.7. The van der Waals surface area contributed by atoms with Crippen LogP contribution < -0.4 is 10.6 Å². The fourth-order valence-corrected chi connectivity index (χ4v) is 4.93. The van der Waals surface area contributed by atoms with Gasteiger partial charge in [0.25, 0.3) is 0 Å². The third-order valence-corrected chi connectivity index (χ3v) is 6.57. The van der Waals surface area contributed by atoms with Gasteiger partial charge in [0, 0.05) is 30.8 Å².